The number of carbonyl (C=O) groups excluding carboxylic acids is 2. The molecule has 0 fully saturated rings. The van der Waals surface area contributed by atoms with Gasteiger partial charge in [0.25, 0.3) is 5.91 Å². The van der Waals surface area contributed by atoms with Crippen LogP contribution in [0.4, 0.5) is 0 Å². The van der Waals surface area contributed by atoms with Crippen molar-refractivity contribution in [2.75, 3.05) is 6.61 Å². The van der Waals surface area contributed by atoms with Crippen molar-refractivity contribution in [3.05, 3.63) is 28.2 Å². The lowest BCUT2D eigenvalue weighted by Crippen LogP contribution is -2.48. The van der Waals surface area contributed by atoms with Gasteiger partial charge in [-0.1, -0.05) is 36.7 Å². The summed E-state index contributed by atoms with van der Waals surface area (Å²) in [6, 6.07) is 5.44. The lowest BCUT2D eigenvalue weighted by molar-refractivity contribution is -0.134. The fourth-order valence-corrected chi connectivity index (χ4v) is 1.45. The number of ether oxygens (including phenoxy) is 1. The molecule has 0 heterocycles. The Morgan fingerprint density at radius 3 is 2.45 bits per heavy atom. The zero-order valence-corrected chi connectivity index (χ0v) is 13.6. The van der Waals surface area contributed by atoms with Gasteiger partial charge in [0, 0.05) is 9.89 Å². The molecule has 0 aliphatic rings. The number of hydrogen-bond donors (Lipinski definition) is 2. The predicted octanol–water partition coefficient (Wildman–Crippen LogP) is 2.33. The Hall–Kier alpha value is -1.56. The maximum atomic E-state index is 11.6. The van der Waals surface area contributed by atoms with Crippen molar-refractivity contribution in [2.45, 2.75) is 27.7 Å². The first-order valence-corrected chi connectivity index (χ1v) is 6.97. The molecule has 0 unspecified atom stereocenters. The van der Waals surface area contributed by atoms with E-state index < -0.39 is 11.3 Å². The molecule has 110 valence electrons. The van der Waals surface area contributed by atoms with Crippen molar-refractivity contribution in [3.63, 3.8) is 0 Å². The SMILES string of the molecule is Cc1cc(OCC(=O)NNC(=O)C(C)(C)C)ccc1Br. The number of carbonyl (C=O) groups is 2. The number of aryl methyl sites for hydroxylation is 1. The Morgan fingerprint density at radius 2 is 1.90 bits per heavy atom. The summed E-state index contributed by atoms with van der Waals surface area (Å²) in [5, 5.41) is 0. The van der Waals surface area contributed by atoms with E-state index in [1.165, 1.54) is 0 Å². The van der Waals surface area contributed by atoms with Crippen molar-refractivity contribution in [1.82, 2.24) is 10.9 Å². The van der Waals surface area contributed by atoms with Gasteiger partial charge >= 0.3 is 0 Å². The molecule has 6 heteroatoms. The number of amides is 2. The molecule has 1 aromatic rings. The minimum absolute atomic E-state index is 0.161. The fraction of sp³-hybridized carbons (Fsp3) is 0.429. The topological polar surface area (TPSA) is 67.4 Å². The molecule has 0 bridgehead atoms. The van der Waals surface area contributed by atoms with Gasteiger partial charge in [0.15, 0.2) is 6.61 Å². The summed E-state index contributed by atoms with van der Waals surface area (Å²) >= 11 is 3.39. The Bertz CT molecular complexity index is 510. The zero-order valence-electron chi connectivity index (χ0n) is 12.0. The van der Waals surface area contributed by atoms with Crippen molar-refractivity contribution in [2.24, 2.45) is 5.41 Å². The summed E-state index contributed by atoms with van der Waals surface area (Å²) in [6.45, 7) is 7.05. The van der Waals surface area contributed by atoms with Gasteiger partial charge in [0.05, 0.1) is 0 Å². The molecule has 0 atom stereocenters. The van der Waals surface area contributed by atoms with Crippen LogP contribution in [0.1, 0.15) is 26.3 Å². The van der Waals surface area contributed by atoms with Gasteiger partial charge in [-0.25, -0.2) is 0 Å². The molecule has 1 aromatic carbocycles. The molecule has 2 amide bonds. The summed E-state index contributed by atoms with van der Waals surface area (Å²) in [5.74, 6) is -0.0727. The predicted molar refractivity (Wildman–Crippen MR) is 80.1 cm³/mol. The van der Waals surface area contributed by atoms with Gasteiger partial charge in [0.1, 0.15) is 5.75 Å². The molecule has 0 aromatic heterocycles. The second kappa shape index (κ2) is 6.74. The van der Waals surface area contributed by atoms with E-state index in [2.05, 4.69) is 26.8 Å². The van der Waals surface area contributed by atoms with E-state index in [0.29, 0.717) is 5.75 Å². The van der Waals surface area contributed by atoms with E-state index >= 15 is 0 Å². The summed E-state index contributed by atoms with van der Waals surface area (Å²) in [5.41, 5.74) is 5.12. The first-order chi connectivity index (χ1) is 9.20. The molecule has 0 saturated carbocycles. The van der Waals surface area contributed by atoms with Gasteiger partial charge in [-0.3, -0.25) is 20.4 Å². The third-order valence-corrected chi connectivity index (χ3v) is 3.39. The lowest BCUT2D eigenvalue weighted by Gasteiger charge is -2.18. The largest absolute Gasteiger partial charge is 0.484 e. The van der Waals surface area contributed by atoms with Crippen LogP contribution in [0.2, 0.25) is 0 Å². The maximum absolute atomic E-state index is 11.6. The van der Waals surface area contributed by atoms with Crippen LogP contribution >= 0.6 is 15.9 Å². The van der Waals surface area contributed by atoms with Crippen molar-refractivity contribution >= 4 is 27.7 Å². The summed E-state index contributed by atoms with van der Waals surface area (Å²) in [7, 11) is 0. The van der Waals surface area contributed by atoms with Crippen LogP contribution in [0.15, 0.2) is 22.7 Å². The average Bonchev–Trinajstić information content (AvgIpc) is 2.36. The molecule has 2 N–H and O–H groups in total. The zero-order chi connectivity index (χ0) is 15.3. The standard InChI is InChI=1S/C14H19BrN2O3/c1-9-7-10(5-6-11(9)15)20-8-12(18)16-17-13(19)14(2,3)4/h5-7H,8H2,1-4H3,(H,16,18)(H,17,19). The molecular weight excluding hydrogens is 324 g/mol. The van der Waals surface area contributed by atoms with E-state index in [0.717, 1.165) is 10.0 Å². The smallest absolute Gasteiger partial charge is 0.276 e. The van der Waals surface area contributed by atoms with Gasteiger partial charge in [-0.15, -0.1) is 0 Å². The second-order valence-corrected chi connectivity index (χ2v) is 6.31. The molecule has 0 radical (unpaired) electrons. The van der Waals surface area contributed by atoms with E-state index in [1.54, 1.807) is 26.8 Å². The highest BCUT2D eigenvalue weighted by Crippen LogP contribution is 2.21. The summed E-state index contributed by atoms with van der Waals surface area (Å²) in [6.07, 6.45) is 0. The average molecular weight is 343 g/mol. The van der Waals surface area contributed by atoms with Crippen LogP contribution in [0, 0.1) is 12.3 Å². The highest BCUT2D eigenvalue weighted by molar-refractivity contribution is 9.10. The Morgan fingerprint density at radius 1 is 1.25 bits per heavy atom. The molecule has 5 nitrogen and oxygen atoms in total. The van der Waals surface area contributed by atoms with E-state index in [-0.39, 0.29) is 12.5 Å². The molecule has 0 aliphatic carbocycles. The van der Waals surface area contributed by atoms with Crippen LogP contribution < -0.4 is 15.6 Å². The molecular formula is C14H19BrN2O3. The van der Waals surface area contributed by atoms with Crippen LogP contribution in [-0.4, -0.2) is 18.4 Å². The number of rotatable bonds is 3. The third-order valence-electron chi connectivity index (χ3n) is 2.50. The van der Waals surface area contributed by atoms with E-state index in [1.807, 2.05) is 19.1 Å². The third kappa shape index (κ3) is 5.21. The minimum atomic E-state index is -0.559. The molecule has 1 rings (SSSR count). The molecule has 0 spiro atoms. The Balaban J connectivity index is 2.40. The fourth-order valence-electron chi connectivity index (χ4n) is 1.21. The van der Waals surface area contributed by atoms with Gasteiger partial charge in [-0.05, 0) is 30.7 Å². The number of halogens is 1. The Labute approximate surface area is 127 Å². The van der Waals surface area contributed by atoms with Gasteiger partial charge in [0.2, 0.25) is 5.91 Å². The number of benzene rings is 1. The van der Waals surface area contributed by atoms with Gasteiger partial charge < -0.3 is 4.74 Å². The second-order valence-electron chi connectivity index (χ2n) is 5.45. The maximum Gasteiger partial charge on any atom is 0.276 e. The first kappa shape index (κ1) is 16.5. The normalized spacial score (nSPS) is 10.8. The van der Waals surface area contributed by atoms with Crippen LogP contribution in [0.5, 0.6) is 5.75 Å². The number of hydrazine groups is 1. The monoisotopic (exact) mass is 342 g/mol. The quantitative estimate of drug-likeness (QED) is 0.828. The van der Waals surface area contributed by atoms with Crippen LogP contribution in [0.25, 0.3) is 0 Å². The van der Waals surface area contributed by atoms with Crippen molar-refractivity contribution in [3.8, 4) is 5.75 Å². The van der Waals surface area contributed by atoms with E-state index in [4.69, 9.17) is 4.74 Å². The highest BCUT2D eigenvalue weighted by atomic mass is 79.9. The molecule has 0 saturated heterocycles. The summed E-state index contributed by atoms with van der Waals surface area (Å²) < 4.78 is 6.32. The summed E-state index contributed by atoms with van der Waals surface area (Å²) in [4.78, 5) is 23.1. The van der Waals surface area contributed by atoms with Gasteiger partial charge in [-0.2, -0.15) is 0 Å². The minimum Gasteiger partial charge on any atom is -0.484 e. The highest BCUT2D eigenvalue weighted by Gasteiger charge is 2.21. The molecule has 0 aliphatic heterocycles. The number of hydrogen-bond acceptors (Lipinski definition) is 3. The lowest BCUT2D eigenvalue weighted by atomic mass is 9.96. The van der Waals surface area contributed by atoms with Crippen LogP contribution in [0.3, 0.4) is 0 Å². The van der Waals surface area contributed by atoms with Crippen LogP contribution in [-0.2, 0) is 9.59 Å². The molecule has 20 heavy (non-hydrogen) atoms. The van der Waals surface area contributed by atoms with E-state index in [9.17, 15) is 9.59 Å². The number of nitrogens with one attached hydrogen (secondary N) is 2. The van der Waals surface area contributed by atoms with Crippen molar-refractivity contribution < 1.29 is 14.3 Å². The van der Waals surface area contributed by atoms with Crippen molar-refractivity contribution in [1.29, 1.82) is 0 Å². The first-order valence-electron chi connectivity index (χ1n) is 6.18. The Kier molecular flexibility index (Phi) is 5.56.